The zero-order valence-corrected chi connectivity index (χ0v) is 10.3. The molecular formula is C13H14ClNO2. The lowest BCUT2D eigenvalue weighted by atomic mass is 10.1. The van der Waals surface area contributed by atoms with Crippen molar-refractivity contribution in [3.63, 3.8) is 0 Å². The Hall–Kier alpha value is -1.66. The number of phenols is 1. The van der Waals surface area contributed by atoms with Gasteiger partial charge < -0.3 is 10.4 Å². The second kappa shape index (κ2) is 6.17. The van der Waals surface area contributed by atoms with E-state index >= 15 is 0 Å². The molecule has 0 aromatic heterocycles. The van der Waals surface area contributed by atoms with Crippen molar-refractivity contribution in [2.45, 2.75) is 25.8 Å². The predicted octanol–water partition coefficient (Wildman–Crippen LogP) is 2.58. The second-order valence-electron chi connectivity index (χ2n) is 3.65. The summed E-state index contributed by atoms with van der Waals surface area (Å²) >= 11 is 5.87. The average molecular weight is 252 g/mol. The summed E-state index contributed by atoms with van der Waals surface area (Å²) in [7, 11) is 0. The third-order valence-electron chi connectivity index (χ3n) is 2.28. The molecule has 1 rings (SSSR count). The van der Waals surface area contributed by atoms with Gasteiger partial charge in [-0.25, -0.2) is 0 Å². The molecular weight excluding hydrogens is 238 g/mol. The van der Waals surface area contributed by atoms with E-state index in [0.717, 1.165) is 6.42 Å². The van der Waals surface area contributed by atoms with E-state index in [-0.39, 0.29) is 28.3 Å². The van der Waals surface area contributed by atoms with Crippen molar-refractivity contribution < 1.29 is 9.90 Å². The monoisotopic (exact) mass is 251 g/mol. The Labute approximate surface area is 106 Å². The molecule has 1 aromatic carbocycles. The van der Waals surface area contributed by atoms with E-state index in [0.29, 0.717) is 6.42 Å². The number of hydrogen-bond donors (Lipinski definition) is 2. The van der Waals surface area contributed by atoms with Crippen LogP contribution in [-0.2, 0) is 0 Å². The van der Waals surface area contributed by atoms with E-state index in [1.165, 1.54) is 18.2 Å². The third kappa shape index (κ3) is 3.69. The molecule has 90 valence electrons. The Morgan fingerprint density at radius 2 is 2.35 bits per heavy atom. The molecule has 0 saturated carbocycles. The van der Waals surface area contributed by atoms with Gasteiger partial charge in [0.15, 0.2) is 0 Å². The number of rotatable bonds is 4. The van der Waals surface area contributed by atoms with Crippen LogP contribution in [0.2, 0.25) is 5.02 Å². The van der Waals surface area contributed by atoms with E-state index in [1.54, 1.807) is 0 Å². The SMILES string of the molecule is C#CC(CCC)NC(=O)c1cc(O)ccc1Cl. The van der Waals surface area contributed by atoms with Gasteiger partial charge in [0.05, 0.1) is 16.6 Å². The predicted molar refractivity (Wildman–Crippen MR) is 68.1 cm³/mol. The number of benzene rings is 1. The number of phenolic OH excluding ortho intramolecular Hbond substituents is 1. The molecule has 0 aliphatic heterocycles. The van der Waals surface area contributed by atoms with Crippen LogP contribution in [0.1, 0.15) is 30.1 Å². The maximum Gasteiger partial charge on any atom is 0.253 e. The van der Waals surface area contributed by atoms with Gasteiger partial charge in [0.1, 0.15) is 5.75 Å². The first-order chi connectivity index (χ1) is 8.08. The summed E-state index contributed by atoms with van der Waals surface area (Å²) in [6.45, 7) is 1.98. The Morgan fingerprint density at radius 3 is 2.94 bits per heavy atom. The molecule has 0 heterocycles. The van der Waals surface area contributed by atoms with Crippen LogP contribution < -0.4 is 5.32 Å². The van der Waals surface area contributed by atoms with Gasteiger partial charge >= 0.3 is 0 Å². The Bertz CT molecular complexity index is 451. The molecule has 0 bridgehead atoms. The summed E-state index contributed by atoms with van der Waals surface area (Å²) in [6, 6.07) is 3.89. The number of nitrogens with one attached hydrogen (secondary N) is 1. The fourth-order valence-electron chi connectivity index (χ4n) is 1.41. The molecule has 0 radical (unpaired) electrons. The molecule has 0 saturated heterocycles. The summed E-state index contributed by atoms with van der Waals surface area (Å²) in [6.07, 6.45) is 6.89. The van der Waals surface area contributed by atoms with Crippen molar-refractivity contribution in [3.8, 4) is 18.1 Å². The number of hydrogen-bond acceptors (Lipinski definition) is 2. The van der Waals surface area contributed by atoms with Crippen LogP contribution in [-0.4, -0.2) is 17.1 Å². The smallest absolute Gasteiger partial charge is 0.253 e. The first kappa shape index (κ1) is 13.4. The molecule has 3 nitrogen and oxygen atoms in total. The van der Waals surface area contributed by atoms with Crippen molar-refractivity contribution in [1.29, 1.82) is 0 Å². The Balaban J connectivity index is 2.83. The lowest BCUT2D eigenvalue weighted by Gasteiger charge is -2.12. The molecule has 1 amide bonds. The lowest BCUT2D eigenvalue weighted by molar-refractivity contribution is 0.0944. The van der Waals surface area contributed by atoms with E-state index in [1.807, 2.05) is 6.92 Å². The fraction of sp³-hybridized carbons (Fsp3) is 0.308. The van der Waals surface area contributed by atoms with Crippen LogP contribution in [0, 0.1) is 12.3 Å². The highest BCUT2D eigenvalue weighted by Crippen LogP contribution is 2.21. The van der Waals surface area contributed by atoms with Gasteiger partial charge in [-0.05, 0) is 24.6 Å². The average Bonchev–Trinajstić information content (AvgIpc) is 2.31. The highest BCUT2D eigenvalue weighted by Gasteiger charge is 2.14. The first-order valence-electron chi connectivity index (χ1n) is 5.34. The maximum absolute atomic E-state index is 11.9. The minimum atomic E-state index is -0.373. The molecule has 0 aliphatic rings. The number of carbonyl (C=O) groups excluding carboxylic acids is 1. The van der Waals surface area contributed by atoms with Gasteiger partial charge in [-0.15, -0.1) is 6.42 Å². The summed E-state index contributed by atoms with van der Waals surface area (Å²) in [5.41, 5.74) is 0.225. The lowest BCUT2D eigenvalue weighted by Crippen LogP contribution is -2.33. The molecule has 0 fully saturated rings. The number of terminal acetylenes is 1. The van der Waals surface area contributed by atoms with Gasteiger partial charge in [0.25, 0.3) is 5.91 Å². The summed E-state index contributed by atoms with van der Waals surface area (Å²) in [5.74, 6) is 2.12. The molecule has 1 aromatic rings. The van der Waals surface area contributed by atoms with Crippen LogP contribution in [0.15, 0.2) is 18.2 Å². The van der Waals surface area contributed by atoms with E-state index < -0.39 is 0 Å². The quantitative estimate of drug-likeness (QED) is 0.808. The van der Waals surface area contributed by atoms with E-state index in [2.05, 4.69) is 11.2 Å². The van der Waals surface area contributed by atoms with Gasteiger partial charge in [-0.1, -0.05) is 30.9 Å². The Morgan fingerprint density at radius 1 is 1.65 bits per heavy atom. The molecule has 17 heavy (non-hydrogen) atoms. The van der Waals surface area contributed by atoms with Crippen molar-refractivity contribution in [3.05, 3.63) is 28.8 Å². The Kier molecular flexibility index (Phi) is 4.86. The molecule has 1 unspecified atom stereocenters. The van der Waals surface area contributed by atoms with Crippen LogP contribution in [0.25, 0.3) is 0 Å². The number of aromatic hydroxyl groups is 1. The zero-order valence-electron chi connectivity index (χ0n) is 9.53. The van der Waals surface area contributed by atoms with Crippen molar-refractivity contribution in [2.24, 2.45) is 0 Å². The van der Waals surface area contributed by atoms with Crippen molar-refractivity contribution in [1.82, 2.24) is 5.32 Å². The molecule has 4 heteroatoms. The fourth-order valence-corrected chi connectivity index (χ4v) is 1.61. The molecule has 0 aliphatic carbocycles. The minimum Gasteiger partial charge on any atom is -0.508 e. The second-order valence-corrected chi connectivity index (χ2v) is 4.05. The van der Waals surface area contributed by atoms with Crippen LogP contribution in [0.3, 0.4) is 0 Å². The maximum atomic E-state index is 11.9. The van der Waals surface area contributed by atoms with Crippen LogP contribution in [0.4, 0.5) is 0 Å². The van der Waals surface area contributed by atoms with Gasteiger partial charge in [0.2, 0.25) is 0 Å². The van der Waals surface area contributed by atoms with Crippen LogP contribution in [0.5, 0.6) is 5.75 Å². The number of halogens is 1. The molecule has 1 atom stereocenters. The minimum absolute atomic E-state index is 0.00713. The number of carbonyl (C=O) groups is 1. The highest BCUT2D eigenvalue weighted by molar-refractivity contribution is 6.33. The zero-order chi connectivity index (χ0) is 12.8. The molecule has 2 N–H and O–H groups in total. The van der Waals surface area contributed by atoms with Gasteiger partial charge in [-0.2, -0.15) is 0 Å². The van der Waals surface area contributed by atoms with Crippen molar-refractivity contribution >= 4 is 17.5 Å². The van der Waals surface area contributed by atoms with Crippen molar-refractivity contribution in [2.75, 3.05) is 0 Å². The number of amides is 1. The highest BCUT2D eigenvalue weighted by atomic mass is 35.5. The standard InChI is InChI=1S/C13H14ClNO2/c1-3-5-9(4-2)15-13(17)11-8-10(16)6-7-12(11)14/h2,6-9,16H,3,5H2,1H3,(H,15,17). The normalized spacial score (nSPS) is 11.6. The summed E-state index contributed by atoms with van der Waals surface area (Å²) < 4.78 is 0. The van der Waals surface area contributed by atoms with Gasteiger partial charge in [-0.3, -0.25) is 4.79 Å². The van der Waals surface area contributed by atoms with E-state index in [9.17, 15) is 9.90 Å². The summed E-state index contributed by atoms with van der Waals surface area (Å²) in [4.78, 5) is 11.9. The third-order valence-corrected chi connectivity index (χ3v) is 2.61. The van der Waals surface area contributed by atoms with E-state index in [4.69, 9.17) is 18.0 Å². The molecule has 0 spiro atoms. The van der Waals surface area contributed by atoms with Gasteiger partial charge in [0, 0.05) is 0 Å². The van der Waals surface area contributed by atoms with Crippen LogP contribution >= 0.6 is 11.6 Å². The largest absolute Gasteiger partial charge is 0.508 e. The topological polar surface area (TPSA) is 49.3 Å². The first-order valence-corrected chi connectivity index (χ1v) is 5.71. The summed E-state index contributed by atoms with van der Waals surface area (Å²) in [5, 5.41) is 12.3.